The molecule has 0 aromatic rings. The van der Waals surface area contributed by atoms with Crippen LogP contribution in [0.15, 0.2) is 0 Å². The molecule has 3 heterocycles. The van der Waals surface area contributed by atoms with E-state index in [1.165, 1.54) is 25.8 Å². The van der Waals surface area contributed by atoms with Gasteiger partial charge in [0, 0.05) is 31.7 Å². The lowest BCUT2D eigenvalue weighted by molar-refractivity contribution is -0.139. The number of carbonyl (C=O) groups is 1. The van der Waals surface area contributed by atoms with Gasteiger partial charge in [-0.1, -0.05) is 0 Å². The summed E-state index contributed by atoms with van der Waals surface area (Å²) in [5.41, 5.74) is 0. The lowest BCUT2D eigenvalue weighted by atomic mass is 9.83. The molecule has 0 aromatic carbocycles. The Kier molecular flexibility index (Phi) is 4.32. The van der Waals surface area contributed by atoms with E-state index >= 15 is 0 Å². The van der Waals surface area contributed by atoms with Crippen LogP contribution in [0.2, 0.25) is 0 Å². The lowest BCUT2D eigenvalue weighted by Crippen LogP contribution is -2.56. The standard InChI is InChI=1S/C16H29N3O/c1-12-5-6-13(10-17-12)16(20)19-9-7-15-14(11-19)4-3-8-18(15)2/h12-15,17H,3-11H2,1-2H3. The van der Waals surface area contributed by atoms with E-state index in [1.807, 2.05) is 0 Å². The van der Waals surface area contributed by atoms with E-state index in [-0.39, 0.29) is 5.92 Å². The number of hydrogen-bond donors (Lipinski definition) is 1. The maximum absolute atomic E-state index is 12.7. The third-order valence-electron chi connectivity index (χ3n) is 5.67. The van der Waals surface area contributed by atoms with E-state index < -0.39 is 0 Å². The molecule has 0 aromatic heterocycles. The fraction of sp³-hybridized carbons (Fsp3) is 0.938. The molecule has 114 valence electrons. The summed E-state index contributed by atoms with van der Waals surface area (Å²) in [5.74, 6) is 1.35. The van der Waals surface area contributed by atoms with E-state index in [0.29, 0.717) is 17.9 Å². The van der Waals surface area contributed by atoms with Gasteiger partial charge in [-0.3, -0.25) is 4.79 Å². The summed E-state index contributed by atoms with van der Waals surface area (Å²) in [6.07, 6.45) is 5.97. The van der Waals surface area contributed by atoms with Gasteiger partial charge < -0.3 is 15.1 Å². The number of likely N-dealkylation sites (tertiary alicyclic amines) is 2. The van der Waals surface area contributed by atoms with Crippen molar-refractivity contribution in [3.8, 4) is 0 Å². The zero-order valence-corrected chi connectivity index (χ0v) is 13.0. The van der Waals surface area contributed by atoms with Crippen molar-refractivity contribution < 1.29 is 4.79 Å². The van der Waals surface area contributed by atoms with Crippen molar-refractivity contribution in [2.45, 2.75) is 51.1 Å². The predicted molar refractivity (Wildman–Crippen MR) is 80.5 cm³/mol. The van der Waals surface area contributed by atoms with Crippen LogP contribution in [0.1, 0.15) is 39.0 Å². The highest BCUT2D eigenvalue weighted by Gasteiger charge is 2.37. The SMILES string of the molecule is CC1CCC(C(=O)N2CCC3C(CCCN3C)C2)CN1. The number of amides is 1. The Bertz CT molecular complexity index is 352. The van der Waals surface area contributed by atoms with Gasteiger partial charge in [-0.2, -0.15) is 0 Å². The van der Waals surface area contributed by atoms with Crippen molar-refractivity contribution in [1.29, 1.82) is 0 Å². The van der Waals surface area contributed by atoms with E-state index in [9.17, 15) is 4.79 Å². The highest BCUT2D eigenvalue weighted by atomic mass is 16.2. The first kappa shape index (κ1) is 14.3. The van der Waals surface area contributed by atoms with Crippen LogP contribution in [-0.2, 0) is 4.79 Å². The molecule has 3 rings (SSSR count). The summed E-state index contributed by atoms with van der Waals surface area (Å²) in [5, 5.41) is 3.46. The summed E-state index contributed by atoms with van der Waals surface area (Å²) in [4.78, 5) is 17.4. The molecule has 4 nitrogen and oxygen atoms in total. The number of rotatable bonds is 1. The van der Waals surface area contributed by atoms with Crippen LogP contribution < -0.4 is 5.32 Å². The number of nitrogens with one attached hydrogen (secondary N) is 1. The van der Waals surface area contributed by atoms with Gasteiger partial charge in [0.15, 0.2) is 0 Å². The van der Waals surface area contributed by atoms with E-state index in [2.05, 4.69) is 29.1 Å². The second-order valence-corrected chi connectivity index (χ2v) is 7.11. The molecular formula is C16H29N3O. The van der Waals surface area contributed by atoms with Gasteiger partial charge >= 0.3 is 0 Å². The average molecular weight is 279 g/mol. The zero-order chi connectivity index (χ0) is 14.1. The van der Waals surface area contributed by atoms with Gasteiger partial charge in [0.05, 0.1) is 5.92 Å². The van der Waals surface area contributed by atoms with Crippen molar-refractivity contribution in [3.63, 3.8) is 0 Å². The van der Waals surface area contributed by atoms with Crippen molar-refractivity contribution in [3.05, 3.63) is 0 Å². The first-order chi connectivity index (χ1) is 9.65. The minimum atomic E-state index is 0.226. The molecule has 4 heteroatoms. The molecule has 3 saturated heterocycles. The molecule has 0 aliphatic carbocycles. The molecule has 3 fully saturated rings. The Balaban J connectivity index is 1.57. The minimum absolute atomic E-state index is 0.226. The monoisotopic (exact) mass is 279 g/mol. The van der Waals surface area contributed by atoms with Crippen LogP contribution in [0.3, 0.4) is 0 Å². The molecule has 3 aliphatic heterocycles. The molecule has 0 spiro atoms. The molecule has 4 atom stereocenters. The number of carbonyl (C=O) groups excluding carboxylic acids is 1. The molecule has 4 unspecified atom stereocenters. The Hall–Kier alpha value is -0.610. The second kappa shape index (κ2) is 6.02. The average Bonchev–Trinajstić information content (AvgIpc) is 2.47. The Morgan fingerprint density at radius 2 is 2.00 bits per heavy atom. The van der Waals surface area contributed by atoms with Crippen molar-refractivity contribution in [2.24, 2.45) is 11.8 Å². The topological polar surface area (TPSA) is 35.6 Å². The summed E-state index contributed by atoms with van der Waals surface area (Å²) >= 11 is 0. The number of piperidine rings is 3. The predicted octanol–water partition coefficient (Wildman–Crippen LogP) is 1.32. The quantitative estimate of drug-likeness (QED) is 0.786. The normalized spacial score (nSPS) is 39.4. The maximum Gasteiger partial charge on any atom is 0.226 e. The van der Waals surface area contributed by atoms with Gasteiger partial charge in [-0.05, 0) is 58.5 Å². The van der Waals surface area contributed by atoms with Gasteiger partial charge in [-0.25, -0.2) is 0 Å². The summed E-state index contributed by atoms with van der Waals surface area (Å²) in [6.45, 7) is 6.30. The van der Waals surface area contributed by atoms with Crippen LogP contribution in [0, 0.1) is 11.8 Å². The van der Waals surface area contributed by atoms with Crippen molar-refractivity contribution in [1.82, 2.24) is 15.1 Å². The lowest BCUT2D eigenvalue weighted by Gasteiger charge is -2.46. The smallest absolute Gasteiger partial charge is 0.226 e. The second-order valence-electron chi connectivity index (χ2n) is 7.11. The molecule has 1 N–H and O–H groups in total. The first-order valence-electron chi connectivity index (χ1n) is 8.37. The fourth-order valence-electron chi connectivity index (χ4n) is 4.32. The third kappa shape index (κ3) is 2.86. The van der Waals surface area contributed by atoms with Crippen molar-refractivity contribution >= 4 is 5.91 Å². The van der Waals surface area contributed by atoms with Crippen LogP contribution in [-0.4, -0.2) is 61.0 Å². The molecule has 0 radical (unpaired) electrons. The summed E-state index contributed by atoms with van der Waals surface area (Å²) in [7, 11) is 2.25. The van der Waals surface area contributed by atoms with Crippen molar-refractivity contribution in [2.75, 3.05) is 33.2 Å². The van der Waals surface area contributed by atoms with Crippen LogP contribution in [0.25, 0.3) is 0 Å². The van der Waals surface area contributed by atoms with Gasteiger partial charge in [-0.15, -0.1) is 0 Å². The number of hydrogen-bond acceptors (Lipinski definition) is 3. The zero-order valence-electron chi connectivity index (χ0n) is 13.0. The fourth-order valence-corrected chi connectivity index (χ4v) is 4.32. The Morgan fingerprint density at radius 3 is 2.75 bits per heavy atom. The van der Waals surface area contributed by atoms with E-state index in [4.69, 9.17) is 0 Å². The maximum atomic E-state index is 12.7. The van der Waals surface area contributed by atoms with E-state index in [1.54, 1.807) is 0 Å². The van der Waals surface area contributed by atoms with Gasteiger partial charge in [0.1, 0.15) is 0 Å². The van der Waals surface area contributed by atoms with Crippen LogP contribution in [0.5, 0.6) is 0 Å². The van der Waals surface area contributed by atoms with Crippen LogP contribution in [0.4, 0.5) is 0 Å². The Morgan fingerprint density at radius 1 is 1.15 bits per heavy atom. The minimum Gasteiger partial charge on any atom is -0.342 e. The molecular weight excluding hydrogens is 250 g/mol. The summed E-state index contributed by atoms with van der Waals surface area (Å²) in [6, 6.07) is 1.30. The van der Waals surface area contributed by atoms with E-state index in [0.717, 1.165) is 38.5 Å². The number of fused-ring (bicyclic) bond motifs is 1. The first-order valence-corrected chi connectivity index (χ1v) is 8.37. The highest BCUT2D eigenvalue weighted by molar-refractivity contribution is 5.79. The summed E-state index contributed by atoms with van der Waals surface area (Å²) < 4.78 is 0. The van der Waals surface area contributed by atoms with Gasteiger partial charge in [0.25, 0.3) is 0 Å². The number of nitrogens with zero attached hydrogens (tertiary/aromatic N) is 2. The molecule has 0 saturated carbocycles. The largest absolute Gasteiger partial charge is 0.342 e. The molecule has 3 aliphatic rings. The Labute approximate surface area is 122 Å². The van der Waals surface area contributed by atoms with Crippen LogP contribution >= 0.6 is 0 Å². The molecule has 0 bridgehead atoms. The molecule has 20 heavy (non-hydrogen) atoms. The van der Waals surface area contributed by atoms with Gasteiger partial charge in [0.2, 0.25) is 5.91 Å². The molecule has 1 amide bonds. The highest BCUT2D eigenvalue weighted by Crippen LogP contribution is 2.30. The third-order valence-corrected chi connectivity index (χ3v) is 5.67.